The highest BCUT2D eigenvalue weighted by Crippen LogP contribution is 2.25. The van der Waals surface area contributed by atoms with E-state index in [1.807, 2.05) is 0 Å². The average Bonchev–Trinajstić information content (AvgIpc) is 2.76. The molecule has 1 saturated heterocycles. The van der Waals surface area contributed by atoms with Crippen molar-refractivity contribution in [3.05, 3.63) is 11.7 Å². The number of hydrogen-bond acceptors (Lipinski definition) is 5. The Hall–Kier alpha value is -0.940. The summed E-state index contributed by atoms with van der Waals surface area (Å²) in [4.78, 5) is 4.31. The number of aryl methyl sites for hydroxylation is 1. The number of ether oxygens (including phenoxy) is 1. The molecule has 2 rings (SSSR count). The molecule has 1 aliphatic rings. The van der Waals surface area contributed by atoms with Crippen LogP contribution in [0.25, 0.3) is 0 Å². The molecule has 2 heterocycles. The van der Waals surface area contributed by atoms with E-state index in [-0.39, 0.29) is 6.10 Å². The third kappa shape index (κ3) is 2.76. The zero-order chi connectivity index (χ0) is 10.5. The first-order valence-electron chi connectivity index (χ1n) is 5.54. The Morgan fingerprint density at radius 1 is 1.40 bits per heavy atom. The fourth-order valence-electron chi connectivity index (χ4n) is 1.70. The molecule has 0 radical (unpaired) electrons. The molecular formula is C10H17N3O2. The lowest BCUT2D eigenvalue weighted by molar-refractivity contribution is 0.00821. The van der Waals surface area contributed by atoms with Crippen LogP contribution in [-0.2, 0) is 11.2 Å². The molecule has 5 heteroatoms. The average molecular weight is 211 g/mol. The second-order valence-corrected chi connectivity index (χ2v) is 3.79. The van der Waals surface area contributed by atoms with Gasteiger partial charge in [0.1, 0.15) is 6.10 Å². The largest absolute Gasteiger partial charge is 0.370 e. The van der Waals surface area contributed by atoms with Crippen LogP contribution in [-0.4, -0.2) is 23.3 Å². The van der Waals surface area contributed by atoms with Crippen molar-refractivity contribution in [2.45, 2.75) is 38.2 Å². The van der Waals surface area contributed by atoms with E-state index >= 15 is 0 Å². The van der Waals surface area contributed by atoms with Crippen LogP contribution in [0.2, 0.25) is 0 Å². The monoisotopic (exact) mass is 211 g/mol. The van der Waals surface area contributed by atoms with Crippen LogP contribution in [0.4, 0.5) is 0 Å². The minimum Gasteiger partial charge on any atom is -0.370 e. The maximum absolute atomic E-state index is 5.57. The van der Waals surface area contributed by atoms with E-state index in [1.165, 1.54) is 6.42 Å². The molecule has 1 unspecified atom stereocenters. The van der Waals surface area contributed by atoms with Crippen molar-refractivity contribution in [1.82, 2.24) is 10.1 Å². The van der Waals surface area contributed by atoms with E-state index in [1.54, 1.807) is 0 Å². The highest BCUT2D eigenvalue weighted by Gasteiger charge is 2.21. The molecular weight excluding hydrogens is 194 g/mol. The summed E-state index contributed by atoms with van der Waals surface area (Å²) in [6, 6.07) is 0. The first kappa shape index (κ1) is 10.6. The number of aromatic nitrogens is 2. The summed E-state index contributed by atoms with van der Waals surface area (Å²) in [6.45, 7) is 1.45. The zero-order valence-corrected chi connectivity index (χ0v) is 8.82. The maximum atomic E-state index is 5.57. The lowest BCUT2D eigenvalue weighted by Crippen LogP contribution is -2.12. The van der Waals surface area contributed by atoms with Gasteiger partial charge >= 0.3 is 0 Å². The Morgan fingerprint density at radius 2 is 2.33 bits per heavy atom. The summed E-state index contributed by atoms with van der Waals surface area (Å²) in [5.41, 5.74) is 5.41. The highest BCUT2D eigenvalue weighted by molar-refractivity contribution is 4.92. The molecule has 2 N–H and O–H groups in total. The van der Waals surface area contributed by atoms with Crippen LogP contribution in [0.5, 0.6) is 0 Å². The second kappa shape index (κ2) is 5.23. The summed E-state index contributed by atoms with van der Waals surface area (Å²) in [5.74, 6) is 1.37. The van der Waals surface area contributed by atoms with Crippen LogP contribution in [0, 0.1) is 0 Å². The molecule has 5 nitrogen and oxygen atoms in total. The molecule has 0 amide bonds. The Labute approximate surface area is 89.0 Å². The van der Waals surface area contributed by atoms with Crippen LogP contribution in [0.1, 0.15) is 43.5 Å². The number of nitrogens with zero attached hydrogens (tertiary/aromatic N) is 2. The van der Waals surface area contributed by atoms with Crippen molar-refractivity contribution < 1.29 is 9.26 Å². The summed E-state index contributed by atoms with van der Waals surface area (Å²) >= 11 is 0. The minimum absolute atomic E-state index is 0.0362. The first-order chi connectivity index (χ1) is 7.40. The van der Waals surface area contributed by atoms with Gasteiger partial charge in [-0.15, -0.1) is 0 Å². The summed E-state index contributed by atoms with van der Waals surface area (Å²) < 4.78 is 10.7. The van der Waals surface area contributed by atoms with Gasteiger partial charge in [0.2, 0.25) is 11.7 Å². The third-order valence-corrected chi connectivity index (χ3v) is 2.55. The summed E-state index contributed by atoms with van der Waals surface area (Å²) in [7, 11) is 0. The van der Waals surface area contributed by atoms with Gasteiger partial charge in [-0.1, -0.05) is 5.16 Å². The third-order valence-electron chi connectivity index (χ3n) is 2.55. The normalized spacial score (nSPS) is 21.8. The van der Waals surface area contributed by atoms with E-state index in [9.17, 15) is 0 Å². The van der Waals surface area contributed by atoms with Crippen LogP contribution < -0.4 is 5.73 Å². The van der Waals surface area contributed by atoms with Crippen molar-refractivity contribution in [3.63, 3.8) is 0 Å². The smallest absolute Gasteiger partial charge is 0.226 e. The molecule has 15 heavy (non-hydrogen) atoms. The molecule has 0 spiro atoms. The quantitative estimate of drug-likeness (QED) is 0.810. The second-order valence-electron chi connectivity index (χ2n) is 3.79. The van der Waals surface area contributed by atoms with E-state index in [0.29, 0.717) is 18.3 Å². The van der Waals surface area contributed by atoms with Crippen molar-refractivity contribution in [2.24, 2.45) is 5.73 Å². The van der Waals surface area contributed by atoms with Gasteiger partial charge in [0.05, 0.1) is 0 Å². The van der Waals surface area contributed by atoms with Gasteiger partial charge in [-0.2, -0.15) is 4.98 Å². The molecule has 1 fully saturated rings. The summed E-state index contributed by atoms with van der Waals surface area (Å²) in [6.07, 6.45) is 4.99. The van der Waals surface area contributed by atoms with Crippen molar-refractivity contribution in [3.8, 4) is 0 Å². The number of rotatable bonds is 4. The van der Waals surface area contributed by atoms with Gasteiger partial charge in [-0.05, 0) is 32.2 Å². The molecule has 0 aliphatic carbocycles. The number of hydrogen-bond donors (Lipinski definition) is 1. The summed E-state index contributed by atoms with van der Waals surface area (Å²) in [5, 5.41) is 3.94. The van der Waals surface area contributed by atoms with Gasteiger partial charge in [0, 0.05) is 13.0 Å². The predicted octanol–water partition coefficient (Wildman–Crippen LogP) is 1.20. The molecule has 1 atom stereocenters. The molecule has 1 aliphatic heterocycles. The molecule has 1 aromatic heterocycles. The van der Waals surface area contributed by atoms with Gasteiger partial charge in [-0.25, -0.2) is 0 Å². The van der Waals surface area contributed by atoms with Crippen LogP contribution in [0.15, 0.2) is 4.52 Å². The minimum atomic E-state index is 0.0362. The zero-order valence-electron chi connectivity index (χ0n) is 8.82. The molecule has 0 saturated carbocycles. The Bertz CT molecular complexity index is 295. The van der Waals surface area contributed by atoms with E-state index < -0.39 is 0 Å². The number of nitrogens with two attached hydrogens (primary N) is 1. The topological polar surface area (TPSA) is 74.2 Å². The Morgan fingerprint density at radius 3 is 3.07 bits per heavy atom. The molecule has 1 aromatic rings. The predicted molar refractivity (Wildman–Crippen MR) is 54.2 cm³/mol. The van der Waals surface area contributed by atoms with Crippen molar-refractivity contribution in [1.29, 1.82) is 0 Å². The maximum Gasteiger partial charge on any atom is 0.226 e. The van der Waals surface area contributed by atoms with Gasteiger partial charge < -0.3 is 15.0 Å². The molecule has 84 valence electrons. The Kier molecular flexibility index (Phi) is 3.69. The van der Waals surface area contributed by atoms with Crippen LogP contribution in [0.3, 0.4) is 0 Å². The van der Waals surface area contributed by atoms with Gasteiger partial charge in [0.25, 0.3) is 0 Å². The van der Waals surface area contributed by atoms with Crippen molar-refractivity contribution >= 4 is 0 Å². The Balaban J connectivity index is 1.93. The fourth-order valence-corrected chi connectivity index (χ4v) is 1.70. The molecule has 0 aromatic carbocycles. The fraction of sp³-hybridized carbons (Fsp3) is 0.800. The van der Waals surface area contributed by atoms with E-state index in [4.69, 9.17) is 15.0 Å². The highest BCUT2D eigenvalue weighted by atomic mass is 16.5. The first-order valence-corrected chi connectivity index (χ1v) is 5.54. The van der Waals surface area contributed by atoms with E-state index in [0.717, 1.165) is 32.3 Å². The lowest BCUT2D eigenvalue weighted by Gasteiger charge is -2.18. The lowest BCUT2D eigenvalue weighted by atomic mass is 10.1. The van der Waals surface area contributed by atoms with Gasteiger partial charge in [-0.3, -0.25) is 0 Å². The SMILES string of the molecule is NCCCc1nc(C2CCCCO2)no1. The van der Waals surface area contributed by atoms with E-state index in [2.05, 4.69) is 10.1 Å². The van der Waals surface area contributed by atoms with Gasteiger partial charge in [0.15, 0.2) is 0 Å². The standard InChI is InChI=1S/C10H17N3O2/c11-6-3-5-9-12-10(13-15-9)8-4-1-2-7-14-8/h8H,1-7,11H2. The van der Waals surface area contributed by atoms with Crippen molar-refractivity contribution in [2.75, 3.05) is 13.2 Å². The van der Waals surface area contributed by atoms with Crippen LogP contribution >= 0.6 is 0 Å². The molecule has 0 bridgehead atoms.